The van der Waals surface area contributed by atoms with Gasteiger partial charge in [0.1, 0.15) is 11.6 Å². The minimum absolute atomic E-state index is 0.292. The smallest absolute Gasteiger partial charge is 0.149 e. The number of aromatic hydroxyl groups is 1. The number of thiophene rings is 1. The van der Waals surface area contributed by atoms with Crippen molar-refractivity contribution in [2.75, 3.05) is 18.4 Å². The zero-order chi connectivity index (χ0) is 18.4. The SMILES string of the molecule is Cc1cc(N[C@@H]2CCCN3CCCC23)nnc1-c1ccc2sccc2c1O. The number of fused-ring (bicyclic) bond motifs is 2. The van der Waals surface area contributed by atoms with E-state index in [-0.39, 0.29) is 0 Å². The molecule has 2 atom stereocenters. The molecule has 2 aliphatic heterocycles. The van der Waals surface area contributed by atoms with Crippen molar-refractivity contribution < 1.29 is 5.11 Å². The summed E-state index contributed by atoms with van der Waals surface area (Å²) in [6, 6.07) is 9.08. The zero-order valence-electron chi connectivity index (χ0n) is 15.5. The van der Waals surface area contributed by atoms with Crippen LogP contribution in [-0.2, 0) is 0 Å². The van der Waals surface area contributed by atoms with E-state index in [1.54, 1.807) is 11.3 Å². The summed E-state index contributed by atoms with van der Waals surface area (Å²) in [5, 5.41) is 26.1. The zero-order valence-corrected chi connectivity index (χ0v) is 16.3. The number of hydrogen-bond acceptors (Lipinski definition) is 6. The molecule has 0 amide bonds. The maximum absolute atomic E-state index is 10.7. The number of hydrogen-bond donors (Lipinski definition) is 2. The van der Waals surface area contributed by atoms with E-state index in [2.05, 4.69) is 26.5 Å². The Bertz CT molecular complexity index is 985. The van der Waals surface area contributed by atoms with Gasteiger partial charge in [0.05, 0.1) is 5.69 Å². The van der Waals surface area contributed by atoms with Gasteiger partial charge in [0, 0.05) is 27.7 Å². The molecule has 0 aliphatic carbocycles. The van der Waals surface area contributed by atoms with E-state index in [0.717, 1.165) is 32.7 Å². The first-order chi connectivity index (χ1) is 13.2. The Morgan fingerprint density at radius 2 is 2.00 bits per heavy atom. The van der Waals surface area contributed by atoms with E-state index >= 15 is 0 Å². The predicted molar refractivity (Wildman–Crippen MR) is 110 cm³/mol. The molecule has 2 saturated heterocycles. The molecule has 2 fully saturated rings. The van der Waals surface area contributed by atoms with E-state index in [1.807, 2.05) is 30.5 Å². The molecule has 2 aromatic heterocycles. The molecule has 27 heavy (non-hydrogen) atoms. The number of aryl methyl sites for hydroxylation is 1. The van der Waals surface area contributed by atoms with E-state index < -0.39 is 0 Å². The third-order valence-corrected chi connectivity index (χ3v) is 6.90. The molecule has 3 aromatic rings. The maximum Gasteiger partial charge on any atom is 0.149 e. The highest BCUT2D eigenvalue weighted by atomic mass is 32.1. The average Bonchev–Trinajstić information content (AvgIpc) is 3.33. The molecule has 0 radical (unpaired) electrons. The normalized spacial score (nSPS) is 22.9. The minimum atomic E-state index is 0.292. The third-order valence-electron chi connectivity index (χ3n) is 6.02. The van der Waals surface area contributed by atoms with Crippen LogP contribution < -0.4 is 5.32 Å². The maximum atomic E-state index is 10.7. The van der Waals surface area contributed by atoms with Gasteiger partial charge in [-0.05, 0) is 80.9 Å². The van der Waals surface area contributed by atoms with Gasteiger partial charge in [0.25, 0.3) is 0 Å². The number of piperidine rings is 1. The molecule has 140 valence electrons. The predicted octanol–water partition coefficient (Wildman–Crippen LogP) is 4.41. The van der Waals surface area contributed by atoms with Crippen LogP contribution >= 0.6 is 11.3 Å². The summed E-state index contributed by atoms with van der Waals surface area (Å²) in [6.45, 7) is 4.50. The summed E-state index contributed by atoms with van der Waals surface area (Å²) < 4.78 is 1.08. The molecular weight excluding hydrogens is 356 g/mol. The lowest BCUT2D eigenvalue weighted by molar-refractivity contribution is 0.183. The van der Waals surface area contributed by atoms with Crippen LogP contribution in [0.1, 0.15) is 31.2 Å². The Morgan fingerprint density at radius 3 is 2.85 bits per heavy atom. The summed E-state index contributed by atoms with van der Waals surface area (Å²) in [6.07, 6.45) is 5.01. The van der Waals surface area contributed by atoms with E-state index in [4.69, 9.17) is 0 Å². The number of nitrogens with one attached hydrogen (secondary N) is 1. The van der Waals surface area contributed by atoms with E-state index in [9.17, 15) is 5.11 Å². The number of anilines is 1. The highest BCUT2D eigenvalue weighted by Gasteiger charge is 2.34. The van der Waals surface area contributed by atoms with Crippen LogP contribution in [0.3, 0.4) is 0 Å². The number of phenols is 1. The van der Waals surface area contributed by atoms with Crippen molar-refractivity contribution in [1.82, 2.24) is 15.1 Å². The van der Waals surface area contributed by atoms with Crippen LogP contribution in [-0.4, -0.2) is 45.4 Å². The topological polar surface area (TPSA) is 61.3 Å². The number of aromatic nitrogens is 2. The Kier molecular flexibility index (Phi) is 4.25. The van der Waals surface area contributed by atoms with Crippen molar-refractivity contribution in [3.05, 3.63) is 35.2 Å². The molecule has 0 saturated carbocycles. The highest BCUT2D eigenvalue weighted by molar-refractivity contribution is 7.17. The van der Waals surface area contributed by atoms with Crippen molar-refractivity contribution >= 4 is 27.2 Å². The summed E-state index contributed by atoms with van der Waals surface area (Å²) in [5.41, 5.74) is 2.52. The quantitative estimate of drug-likeness (QED) is 0.705. The molecule has 4 heterocycles. The molecule has 5 rings (SSSR count). The number of benzene rings is 1. The fourth-order valence-electron chi connectivity index (χ4n) is 4.69. The van der Waals surface area contributed by atoms with Crippen LogP contribution in [0, 0.1) is 6.92 Å². The van der Waals surface area contributed by atoms with Gasteiger partial charge >= 0.3 is 0 Å². The van der Waals surface area contributed by atoms with Gasteiger partial charge in [-0.25, -0.2) is 0 Å². The largest absolute Gasteiger partial charge is 0.507 e. The fourth-order valence-corrected chi connectivity index (χ4v) is 5.48. The van der Waals surface area contributed by atoms with Crippen LogP contribution in [0.5, 0.6) is 5.75 Å². The Labute approximate surface area is 163 Å². The van der Waals surface area contributed by atoms with Crippen LogP contribution in [0.2, 0.25) is 0 Å². The molecule has 1 aromatic carbocycles. The lowest BCUT2D eigenvalue weighted by atomic mass is 9.96. The van der Waals surface area contributed by atoms with Crippen LogP contribution in [0.25, 0.3) is 21.3 Å². The molecule has 0 spiro atoms. The number of rotatable bonds is 3. The van der Waals surface area contributed by atoms with E-state index in [0.29, 0.717) is 17.8 Å². The Morgan fingerprint density at radius 1 is 1.15 bits per heavy atom. The van der Waals surface area contributed by atoms with Crippen molar-refractivity contribution in [3.63, 3.8) is 0 Å². The molecule has 0 bridgehead atoms. The van der Waals surface area contributed by atoms with Crippen molar-refractivity contribution in [2.24, 2.45) is 0 Å². The molecular formula is C21H24N4OS. The highest BCUT2D eigenvalue weighted by Crippen LogP contribution is 2.38. The molecule has 6 heteroatoms. The van der Waals surface area contributed by atoms with Crippen molar-refractivity contribution in [2.45, 2.75) is 44.7 Å². The molecule has 1 unspecified atom stereocenters. The first-order valence-electron chi connectivity index (χ1n) is 9.75. The molecule has 5 nitrogen and oxygen atoms in total. The summed E-state index contributed by atoms with van der Waals surface area (Å²) in [5.74, 6) is 1.13. The minimum Gasteiger partial charge on any atom is -0.507 e. The summed E-state index contributed by atoms with van der Waals surface area (Å²) >= 11 is 1.63. The van der Waals surface area contributed by atoms with Gasteiger partial charge in [-0.15, -0.1) is 21.5 Å². The van der Waals surface area contributed by atoms with Gasteiger partial charge in [-0.1, -0.05) is 0 Å². The summed E-state index contributed by atoms with van der Waals surface area (Å²) in [4.78, 5) is 2.62. The molecule has 2 aliphatic rings. The van der Waals surface area contributed by atoms with Gasteiger partial charge in [-0.3, -0.25) is 4.90 Å². The van der Waals surface area contributed by atoms with Crippen LogP contribution in [0.15, 0.2) is 29.6 Å². The third kappa shape index (κ3) is 2.97. The van der Waals surface area contributed by atoms with Crippen LogP contribution in [0.4, 0.5) is 5.82 Å². The van der Waals surface area contributed by atoms with Gasteiger partial charge in [0.2, 0.25) is 0 Å². The fraction of sp³-hybridized carbons (Fsp3) is 0.429. The second-order valence-electron chi connectivity index (χ2n) is 7.69. The lowest BCUT2D eigenvalue weighted by Crippen LogP contribution is -2.47. The van der Waals surface area contributed by atoms with E-state index in [1.165, 1.54) is 38.8 Å². The van der Waals surface area contributed by atoms with Gasteiger partial charge in [-0.2, -0.15) is 0 Å². The second kappa shape index (κ2) is 6.77. The monoisotopic (exact) mass is 380 g/mol. The number of nitrogens with zero attached hydrogens (tertiary/aromatic N) is 3. The molecule has 2 N–H and O–H groups in total. The Balaban J connectivity index is 1.42. The van der Waals surface area contributed by atoms with Gasteiger partial charge in [0.15, 0.2) is 0 Å². The lowest BCUT2D eigenvalue weighted by Gasteiger charge is -2.37. The standard InChI is InChI=1S/C21H24N4OS/c1-13-12-19(22-16-4-2-9-25-10-3-5-17(16)25)23-24-20(13)15-6-7-18-14(21(15)26)8-11-27-18/h6-8,11-12,16-17,26H,2-5,9-10H2,1H3,(H,22,23)/t16-,17?/m1/s1. The Hall–Kier alpha value is -2.18. The first kappa shape index (κ1) is 17.0. The number of phenolic OH excluding ortho intramolecular Hbond substituents is 1. The van der Waals surface area contributed by atoms with Crippen molar-refractivity contribution in [3.8, 4) is 17.0 Å². The average molecular weight is 381 g/mol. The van der Waals surface area contributed by atoms with Crippen molar-refractivity contribution in [1.29, 1.82) is 0 Å². The first-order valence-corrected chi connectivity index (χ1v) is 10.6. The second-order valence-corrected chi connectivity index (χ2v) is 8.64. The summed E-state index contributed by atoms with van der Waals surface area (Å²) in [7, 11) is 0. The van der Waals surface area contributed by atoms with Gasteiger partial charge < -0.3 is 10.4 Å².